The molecule has 0 aliphatic heterocycles. The standard InChI is InChI=1S/C14H18N4O.2ClH/c1-3-6-14(2,15)13(19)18-12-5-8-17-11-4-7-16-9-10(11)12;;/h4-5,7-9H,3,6,15H2,1-2H3,(H,17,18,19);2*1H. The van der Waals surface area contributed by atoms with Gasteiger partial charge in [-0.3, -0.25) is 14.8 Å². The van der Waals surface area contributed by atoms with Crippen LogP contribution in [0.4, 0.5) is 5.69 Å². The number of nitrogens with two attached hydrogens (primary N) is 1. The van der Waals surface area contributed by atoms with Gasteiger partial charge in [0.1, 0.15) is 0 Å². The minimum absolute atomic E-state index is 0. The molecule has 116 valence electrons. The minimum Gasteiger partial charge on any atom is -0.324 e. The zero-order valence-corrected chi connectivity index (χ0v) is 13.6. The molecule has 2 aromatic heterocycles. The molecule has 5 nitrogen and oxygen atoms in total. The summed E-state index contributed by atoms with van der Waals surface area (Å²) in [5.41, 5.74) is 6.64. The molecule has 0 spiro atoms. The second-order valence-corrected chi connectivity index (χ2v) is 4.87. The summed E-state index contributed by atoms with van der Waals surface area (Å²) in [7, 11) is 0. The SMILES string of the molecule is CCCC(C)(N)C(=O)Nc1ccnc2ccncc12.Cl.Cl. The van der Waals surface area contributed by atoms with Crippen molar-refractivity contribution in [2.24, 2.45) is 5.73 Å². The molecule has 2 heterocycles. The van der Waals surface area contributed by atoms with E-state index in [-0.39, 0.29) is 30.7 Å². The molecule has 0 aliphatic rings. The quantitative estimate of drug-likeness (QED) is 0.903. The van der Waals surface area contributed by atoms with Crippen LogP contribution in [-0.4, -0.2) is 21.4 Å². The third-order valence-electron chi connectivity index (χ3n) is 3.08. The number of anilines is 1. The van der Waals surface area contributed by atoms with Gasteiger partial charge in [-0.25, -0.2) is 0 Å². The summed E-state index contributed by atoms with van der Waals surface area (Å²) in [4.78, 5) is 20.5. The van der Waals surface area contributed by atoms with E-state index in [4.69, 9.17) is 5.73 Å². The largest absolute Gasteiger partial charge is 0.324 e. The lowest BCUT2D eigenvalue weighted by atomic mass is 9.96. The Hall–Kier alpha value is -1.43. The van der Waals surface area contributed by atoms with E-state index < -0.39 is 5.54 Å². The number of fused-ring (bicyclic) bond motifs is 1. The summed E-state index contributed by atoms with van der Waals surface area (Å²) in [6.07, 6.45) is 6.52. The Morgan fingerprint density at radius 2 is 2.05 bits per heavy atom. The molecular formula is C14H20Cl2N4O. The molecule has 21 heavy (non-hydrogen) atoms. The summed E-state index contributed by atoms with van der Waals surface area (Å²) in [5, 5.41) is 3.68. The van der Waals surface area contributed by atoms with Crippen LogP contribution in [0.1, 0.15) is 26.7 Å². The Balaban J connectivity index is 0.00000200. The summed E-state index contributed by atoms with van der Waals surface area (Å²) in [5.74, 6) is -0.189. The van der Waals surface area contributed by atoms with Crippen molar-refractivity contribution in [1.82, 2.24) is 9.97 Å². The molecular weight excluding hydrogens is 311 g/mol. The highest BCUT2D eigenvalue weighted by Crippen LogP contribution is 2.21. The third-order valence-corrected chi connectivity index (χ3v) is 3.08. The number of amides is 1. The fourth-order valence-electron chi connectivity index (χ4n) is 2.00. The van der Waals surface area contributed by atoms with Crippen LogP contribution in [0.2, 0.25) is 0 Å². The van der Waals surface area contributed by atoms with Gasteiger partial charge in [0.2, 0.25) is 5.91 Å². The number of pyridine rings is 2. The molecule has 0 saturated carbocycles. The van der Waals surface area contributed by atoms with E-state index in [1.807, 2.05) is 6.92 Å². The van der Waals surface area contributed by atoms with Crippen LogP contribution in [0, 0.1) is 0 Å². The number of rotatable bonds is 4. The lowest BCUT2D eigenvalue weighted by Gasteiger charge is -2.23. The molecule has 2 rings (SSSR count). The van der Waals surface area contributed by atoms with Crippen LogP contribution in [0.3, 0.4) is 0 Å². The van der Waals surface area contributed by atoms with Crippen molar-refractivity contribution in [3.63, 3.8) is 0 Å². The van der Waals surface area contributed by atoms with Gasteiger partial charge < -0.3 is 11.1 Å². The predicted octanol–water partition coefficient (Wildman–Crippen LogP) is 2.93. The van der Waals surface area contributed by atoms with Gasteiger partial charge >= 0.3 is 0 Å². The Labute approximate surface area is 136 Å². The maximum atomic E-state index is 12.2. The van der Waals surface area contributed by atoms with Gasteiger partial charge in [-0.05, 0) is 25.5 Å². The summed E-state index contributed by atoms with van der Waals surface area (Å²) < 4.78 is 0. The van der Waals surface area contributed by atoms with Gasteiger partial charge in [0.05, 0.1) is 16.7 Å². The Kier molecular flexibility index (Phi) is 7.57. The first-order valence-corrected chi connectivity index (χ1v) is 6.33. The van der Waals surface area contributed by atoms with Crippen molar-refractivity contribution in [3.8, 4) is 0 Å². The molecule has 0 aromatic carbocycles. The van der Waals surface area contributed by atoms with Gasteiger partial charge in [0, 0.05) is 24.0 Å². The van der Waals surface area contributed by atoms with Crippen LogP contribution in [-0.2, 0) is 4.79 Å². The van der Waals surface area contributed by atoms with Crippen molar-refractivity contribution in [1.29, 1.82) is 0 Å². The Morgan fingerprint density at radius 3 is 2.71 bits per heavy atom. The number of nitrogens with zero attached hydrogens (tertiary/aromatic N) is 2. The molecule has 2 aromatic rings. The van der Waals surface area contributed by atoms with Crippen LogP contribution in [0.5, 0.6) is 0 Å². The average molecular weight is 331 g/mol. The molecule has 3 N–H and O–H groups in total. The Morgan fingerprint density at radius 1 is 1.33 bits per heavy atom. The fraction of sp³-hybridized carbons (Fsp3) is 0.357. The average Bonchev–Trinajstić information content (AvgIpc) is 2.39. The van der Waals surface area contributed by atoms with Crippen LogP contribution in [0.25, 0.3) is 10.9 Å². The second kappa shape index (κ2) is 8.12. The first kappa shape index (κ1) is 19.6. The molecule has 0 radical (unpaired) electrons. The predicted molar refractivity (Wildman–Crippen MR) is 90.2 cm³/mol. The van der Waals surface area contributed by atoms with Crippen LogP contribution in [0.15, 0.2) is 30.7 Å². The van der Waals surface area contributed by atoms with Crippen molar-refractivity contribution in [2.75, 3.05) is 5.32 Å². The molecule has 0 saturated heterocycles. The van der Waals surface area contributed by atoms with E-state index in [1.54, 1.807) is 37.6 Å². The van der Waals surface area contributed by atoms with Crippen LogP contribution < -0.4 is 11.1 Å². The van der Waals surface area contributed by atoms with E-state index >= 15 is 0 Å². The van der Waals surface area contributed by atoms with E-state index in [0.29, 0.717) is 12.1 Å². The monoisotopic (exact) mass is 330 g/mol. The fourth-order valence-corrected chi connectivity index (χ4v) is 2.00. The van der Waals surface area contributed by atoms with Gasteiger partial charge in [-0.2, -0.15) is 0 Å². The highest BCUT2D eigenvalue weighted by Gasteiger charge is 2.27. The van der Waals surface area contributed by atoms with Crippen molar-refractivity contribution in [3.05, 3.63) is 30.7 Å². The smallest absolute Gasteiger partial charge is 0.244 e. The summed E-state index contributed by atoms with van der Waals surface area (Å²) in [6.45, 7) is 3.75. The lowest BCUT2D eigenvalue weighted by Crippen LogP contribution is -2.48. The Bertz CT molecular complexity index is 599. The highest BCUT2D eigenvalue weighted by atomic mass is 35.5. The van der Waals surface area contributed by atoms with E-state index in [0.717, 1.165) is 17.3 Å². The summed E-state index contributed by atoms with van der Waals surface area (Å²) in [6, 6.07) is 3.56. The molecule has 0 aliphatic carbocycles. The number of hydrogen-bond donors (Lipinski definition) is 2. The van der Waals surface area contributed by atoms with E-state index in [2.05, 4.69) is 15.3 Å². The lowest BCUT2D eigenvalue weighted by molar-refractivity contribution is -0.120. The van der Waals surface area contributed by atoms with E-state index in [1.165, 1.54) is 0 Å². The maximum absolute atomic E-state index is 12.2. The zero-order valence-electron chi connectivity index (χ0n) is 12.0. The molecule has 1 atom stereocenters. The third kappa shape index (κ3) is 4.52. The zero-order chi connectivity index (χ0) is 13.9. The molecule has 7 heteroatoms. The number of halogens is 2. The van der Waals surface area contributed by atoms with Crippen LogP contribution >= 0.6 is 24.8 Å². The number of carbonyl (C=O) groups excluding carboxylic acids is 1. The van der Waals surface area contributed by atoms with Gasteiger partial charge in [0.25, 0.3) is 0 Å². The number of nitrogens with one attached hydrogen (secondary N) is 1. The topological polar surface area (TPSA) is 80.9 Å². The van der Waals surface area contributed by atoms with E-state index in [9.17, 15) is 4.79 Å². The van der Waals surface area contributed by atoms with Crippen molar-refractivity contribution in [2.45, 2.75) is 32.2 Å². The van der Waals surface area contributed by atoms with Gasteiger partial charge in [-0.15, -0.1) is 24.8 Å². The van der Waals surface area contributed by atoms with Crippen molar-refractivity contribution >= 4 is 47.3 Å². The number of hydrogen-bond acceptors (Lipinski definition) is 4. The molecule has 0 bridgehead atoms. The summed E-state index contributed by atoms with van der Waals surface area (Å²) >= 11 is 0. The highest BCUT2D eigenvalue weighted by molar-refractivity contribution is 6.03. The number of carbonyl (C=O) groups is 1. The number of aromatic nitrogens is 2. The van der Waals surface area contributed by atoms with Gasteiger partial charge in [0.15, 0.2) is 0 Å². The molecule has 1 amide bonds. The second-order valence-electron chi connectivity index (χ2n) is 4.87. The normalized spacial score (nSPS) is 12.7. The minimum atomic E-state index is -0.868. The first-order valence-electron chi connectivity index (χ1n) is 6.33. The van der Waals surface area contributed by atoms with Crippen molar-refractivity contribution < 1.29 is 4.79 Å². The van der Waals surface area contributed by atoms with Gasteiger partial charge in [-0.1, -0.05) is 13.3 Å². The maximum Gasteiger partial charge on any atom is 0.244 e. The first-order chi connectivity index (χ1) is 9.04. The molecule has 0 fully saturated rings. The molecule has 1 unspecified atom stereocenters.